The Hall–Kier alpha value is -3.28. The highest BCUT2D eigenvalue weighted by Crippen LogP contribution is 2.39. The topological polar surface area (TPSA) is 81.2 Å². The van der Waals surface area contributed by atoms with Gasteiger partial charge in [0.1, 0.15) is 6.61 Å². The summed E-state index contributed by atoms with van der Waals surface area (Å²) in [5.41, 5.74) is 1.73. The number of fused-ring (bicyclic) bond motifs is 1. The van der Waals surface area contributed by atoms with Gasteiger partial charge in [0.25, 0.3) is 0 Å². The van der Waals surface area contributed by atoms with Crippen molar-refractivity contribution >= 4 is 22.8 Å². The Labute approximate surface area is 188 Å². The zero-order valence-electron chi connectivity index (χ0n) is 18.4. The molecule has 166 valence electrons. The molecule has 0 saturated heterocycles. The van der Waals surface area contributed by atoms with E-state index in [0.717, 1.165) is 35.9 Å². The average molecular weight is 432 g/mol. The molecule has 6 heteroatoms. The lowest BCUT2D eigenvalue weighted by atomic mass is 9.76. The smallest absolute Gasteiger partial charge is 0.413 e. The molecular formula is C26H29N3O3. The van der Waals surface area contributed by atoms with Crippen molar-refractivity contribution in [2.24, 2.45) is 5.92 Å². The van der Waals surface area contributed by atoms with Crippen molar-refractivity contribution in [2.45, 2.75) is 58.0 Å². The summed E-state index contributed by atoms with van der Waals surface area (Å²) in [6.07, 6.45) is 6.24. The first-order valence-electron chi connectivity index (χ1n) is 11.4. The molecule has 6 nitrogen and oxygen atoms in total. The van der Waals surface area contributed by atoms with Crippen molar-refractivity contribution in [3.8, 4) is 0 Å². The van der Waals surface area contributed by atoms with Gasteiger partial charge in [-0.25, -0.2) is 14.8 Å². The lowest BCUT2D eigenvalue weighted by molar-refractivity contribution is 0.155. The van der Waals surface area contributed by atoms with E-state index in [9.17, 15) is 9.59 Å². The number of para-hydroxylation sites is 1. The van der Waals surface area contributed by atoms with E-state index in [1.807, 2.05) is 54.6 Å². The fraction of sp³-hybridized carbons (Fsp3) is 0.385. The van der Waals surface area contributed by atoms with Crippen LogP contribution in [0.5, 0.6) is 0 Å². The van der Waals surface area contributed by atoms with Crippen molar-refractivity contribution in [3.05, 3.63) is 76.2 Å². The molecular weight excluding hydrogens is 402 g/mol. The van der Waals surface area contributed by atoms with Gasteiger partial charge in [0.2, 0.25) is 5.82 Å². The maximum absolute atomic E-state index is 12.8. The largest absolute Gasteiger partial charge is 0.444 e. The number of aromatic nitrogens is 2. The van der Waals surface area contributed by atoms with E-state index < -0.39 is 11.7 Å². The number of amides is 1. The van der Waals surface area contributed by atoms with E-state index in [0.29, 0.717) is 11.4 Å². The van der Waals surface area contributed by atoms with Gasteiger partial charge < -0.3 is 4.74 Å². The van der Waals surface area contributed by atoms with Crippen LogP contribution in [0.25, 0.3) is 10.9 Å². The second-order valence-electron chi connectivity index (χ2n) is 8.38. The third-order valence-electron chi connectivity index (χ3n) is 6.28. The van der Waals surface area contributed by atoms with E-state index in [1.165, 1.54) is 19.3 Å². The standard InChI is InChI=1S/C26H29N3O3/c1-2-20(19-13-7-4-8-14-19)23-21-15-9-10-16-22(21)27-25(30)24(28-23)29-26(31)32-17-18-11-5-3-6-12-18/h3,5-6,9-12,15-16,19-20H,2,4,7-8,13-14,17H2,1H3,(H,27,28,29,30,31)/t20-/m1/s1. The zero-order chi connectivity index (χ0) is 22.3. The fourth-order valence-electron chi connectivity index (χ4n) is 4.68. The number of hydrogen-bond acceptors (Lipinski definition) is 5. The quantitative estimate of drug-likeness (QED) is 0.532. The van der Waals surface area contributed by atoms with Crippen LogP contribution in [-0.4, -0.2) is 16.1 Å². The van der Waals surface area contributed by atoms with Gasteiger partial charge in [0.15, 0.2) is 0 Å². The van der Waals surface area contributed by atoms with Gasteiger partial charge in [-0.15, -0.1) is 0 Å². The molecule has 4 rings (SSSR count). The maximum Gasteiger partial charge on any atom is 0.413 e. The molecule has 1 N–H and O–H groups in total. The minimum Gasteiger partial charge on any atom is -0.444 e. The highest BCUT2D eigenvalue weighted by atomic mass is 16.5. The molecule has 0 unspecified atom stereocenters. The number of carbonyl (C=O) groups excluding carboxylic acids is 1. The van der Waals surface area contributed by atoms with Crippen LogP contribution in [0.2, 0.25) is 0 Å². The molecule has 1 aliphatic carbocycles. The Morgan fingerprint density at radius 1 is 1.03 bits per heavy atom. The van der Waals surface area contributed by atoms with Crippen LogP contribution < -0.4 is 10.9 Å². The summed E-state index contributed by atoms with van der Waals surface area (Å²) in [5, 5.41) is 3.42. The maximum atomic E-state index is 12.8. The van der Waals surface area contributed by atoms with E-state index >= 15 is 0 Å². The summed E-state index contributed by atoms with van der Waals surface area (Å²) >= 11 is 0. The SMILES string of the molecule is CC[C@@H](c1nc(NC(=O)OCc2ccccc2)c(=O)nc2ccccc12)C1CCCCC1. The molecule has 1 saturated carbocycles. The minimum atomic E-state index is -0.716. The Bertz CT molecular complexity index is 1130. The minimum absolute atomic E-state index is 0.0801. The van der Waals surface area contributed by atoms with Crippen LogP contribution in [0, 0.1) is 5.92 Å². The Morgan fingerprint density at radius 2 is 1.75 bits per heavy atom. The van der Waals surface area contributed by atoms with Crippen LogP contribution >= 0.6 is 0 Å². The van der Waals surface area contributed by atoms with Gasteiger partial charge in [-0.05, 0) is 36.8 Å². The number of carbonyl (C=O) groups is 1. The molecule has 2 aromatic carbocycles. The molecule has 1 fully saturated rings. The van der Waals surface area contributed by atoms with Crippen LogP contribution in [0.15, 0.2) is 59.4 Å². The molecule has 0 radical (unpaired) electrons. The third-order valence-corrected chi connectivity index (χ3v) is 6.28. The van der Waals surface area contributed by atoms with Gasteiger partial charge in [-0.1, -0.05) is 74.7 Å². The Balaban J connectivity index is 1.67. The number of nitrogens with zero attached hydrogens (tertiary/aromatic N) is 2. The third kappa shape index (κ3) is 5.13. The van der Waals surface area contributed by atoms with Gasteiger partial charge >= 0.3 is 11.7 Å². The summed E-state index contributed by atoms with van der Waals surface area (Å²) in [5.74, 6) is 0.637. The summed E-state index contributed by atoms with van der Waals surface area (Å²) in [4.78, 5) is 34.2. The summed E-state index contributed by atoms with van der Waals surface area (Å²) in [6.45, 7) is 2.28. The predicted octanol–water partition coefficient (Wildman–Crippen LogP) is 5.81. The first kappa shape index (κ1) is 21.9. The molecule has 32 heavy (non-hydrogen) atoms. The number of rotatable bonds is 6. The van der Waals surface area contributed by atoms with Crippen molar-refractivity contribution in [1.29, 1.82) is 0 Å². The molecule has 0 aliphatic heterocycles. The summed E-state index contributed by atoms with van der Waals surface area (Å²) in [7, 11) is 0. The predicted molar refractivity (Wildman–Crippen MR) is 126 cm³/mol. The van der Waals surface area contributed by atoms with Gasteiger partial charge in [-0.2, -0.15) is 0 Å². The lowest BCUT2D eigenvalue weighted by Gasteiger charge is -2.29. The Kier molecular flexibility index (Phi) is 7.10. The van der Waals surface area contributed by atoms with Crippen LogP contribution in [0.1, 0.15) is 62.6 Å². The number of ether oxygens (including phenoxy) is 1. The van der Waals surface area contributed by atoms with Crippen LogP contribution in [-0.2, 0) is 11.3 Å². The second kappa shape index (κ2) is 10.4. The molecule has 3 aromatic rings. The zero-order valence-corrected chi connectivity index (χ0v) is 18.4. The van der Waals surface area contributed by atoms with E-state index in [1.54, 1.807) is 0 Å². The monoisotopic (exact) mass is 431 g/mol. The molecule has 1 atom stereocenters. The molecule has 1 aromatic heterocycles. The lowest BCUT2D eigenvalue weighted by Crippen LogP contribution is -2.22. The number of benzene rings is 2. The van der Waals surface area contributed by atoms with Crippen molar-refractivity contribution in [1.82, 2.24) is 9.97 Å². The molecule has 0 bridgehead atoms. The molecule has 1 aliphatic rings. The molecule has 0 spiro atoms. The summed E-state index contributed by atoms with van der Waals surface area (Å²) < 4.78 is 5.30. The van der Waals surface area contributed by atoms with E-state index in [-0.39, 0.29) is 18.3 Å². The second-order valence-corrected chi connectivity index (χ2v) is 8.38. The summed E-state index contributed by atoms with van der Waals surface area (Å²) in [6, 6.07) is 17.0. The van der Waals surface area contributed by atoms with Crippen molar-refractivity contribution in [3.63, 3.8) is 0 Å². The van der Waals surface area contributed by atoms with Crippen LogP contribution in [0.3, 0.4) is 0 Å². The first-order chi connectivity index (χ1) is 15.7. The van der Waals surface area contributed by atoms with E-state index in [4.69, 9.17) is 9.72 Å². The van der Waals surface area contributed by atoms with Crippen molar-refractivity contribution < 1.29 is 9.53 Å². The number of anilines is 1. The van der Waals surface area contributed by atoms with Crippen LogP contribution in [0.4, 0.5) is 10.6 Å². The van der Waals surface area contributed by atoms with E-state index in [2.05, 4.69) is 17.2 Å². The highest BCUT2D eigenvalue weighted by Gasteiger charge is 2.27. The average Bonchev–Trinajstić information content (AvgIpc) is 2.96. The normalized spacial score (nSPS) is 15.3. The fourth-order valence-corrected chi connectivity index (χ4v) is 4.68. The molecule has 1 heterocycles. The molecule has 1 amide bonds. The highest BCUT2D eigenvalue weighted by molar-refractivity contribution is 5.85. The number of hydrogen-bond donors (Lipinski definition) is 1. The van der Waals surface area contributed by atoms with Gasteiger partial charge in [-0.3, -0.25) is 10.1 Å². The van der Waals surface area contributed by atoms with Gasteiger partial charge in [0.05, 0.1) is 11.2 Å². The van der Waals surface area contributed by atoms with Gasteiger partial charge in [0, 0.05) is 11.3 Å². The Morgan fingerprint density at radius 3 is 2.50 bits per heavy atom. The van der Waals surface area contributed by atoms with Crippen molar-refractivity contribution in [2.75, 3.05) is 5.32 Å². The number of nitrogens with one attached hydrogen (secondary N) is 1. The first-order valence-corrected chi connectivity index (χ1v) is 11.4.